The lowest BCUT2D eigenvalue weighted by atomic mass is 9.53. The minimum Gasteiger partial charge on any atom is -0.465 e. The number of halogens is 2. The SMILES string of the molecule is CCOC(=O)CN1c2cc(F)ccc2C(=C2C3CC4CC(C3)CC2C4)c2ccc(F)cc21. The van der Waals surface area contributed by atoms with Gasteiger partial charge in [-0.25, -0.2) is 8.78 Å². The van der Waals surface area contributed by atoms with Crippen LogP contribution in [0.15, 0.2) is 42.0 Å². The van der Waals surface area contributed by atoms with E-state index >= 15 is 0 Å². The number of anilines is 2. The molecule has 0 unspecified atom stereocenters. The lowest BCUT2D eigenvalue weighted by molar-refractivity contribution is -0.141. The van der Waals surface area contributed by atoms with Crippen LogP contribution in [0.2, 0.25) is 0 Å². The Morgan fingerprint density at radius 1 is 0.906 bits per heavy atom. The van der Waals surface area contributed by atoms with E-state index in [1.165, 1.54) is 61.9 Å². The molecule has 0 radical (unpaired) electrons. The van der Waals surface area contributed by atoms with Crippen molar-refractivity contribution in [3.8, 4) is 0 Å². The van der Waals surface area contributed by atoms with Crippen LogP contribution in [0.25, 0.3) is 5.57 Å². The highest BCUT2D eigenvalue weighted by Crippen LogP contribution is 2.60. The monoisotopic (exact) mass is 435 g/mol. The second-order valence-corrected chi connectivity index (χ2v) is 9.85. The third-order valence-electron chi connectivity index (χ3n) is 7.94. The number of benzene rings is 2. The molecule has 0 saturated heterocycles. The molecule has 32 heavy (non-hydrogen) atoms. The largest absolute Gasteiger partial charge is 0.465 e. The van der Waals surface area contributed by atoms with E-state index in [-0.39, 0.29) is 24.8 Å². The third-order valence-corrected chi connectivity index (χ3v) is 7.94. The first-order chi connectivity index (χ1) is 15.5. The molecule has 3 nitrogen and oxygen atoms in total. The quantitative estimate of drug-likeness (QED) is 0.535. The maximum Gasteiger partial charge on any atom is 0.325 e. The van der Waals surface area contributed by atoms with Gasteiger partial charge in [0.25, 0.3) is 0 Å². The van der Waals surface area contributed by atoms with E-state index in [2.05, 4.69) is 0 Å². The Hall–Kier alpha value is -2.69. The fourth-order valence-corrected chi connectivity index (χ4v) is 7.07. The first-order valence-electron chi connectivity index (χ1n) is 11.8. The standard InChI is InChI=1S/C27H27F2NO2/c1-2-32-25(31)14-30-23-12-19(28)3-5-21(23)27(22-6-4-20(29)13-24(22)30)26-17-8-15-7-16(10-17)11-18(26)9-15/h3-6,12-13,15-18H,2,7-11,14H2,1H3. The molecule has 166 valence electrons. The van der Waals surface area contributed by atoms with E-state index < -0.39 is 5.97 Å². The van der Waals surface area contributed by atoms with Crippen molar-refractivity contribution in [1.82, 2.24) is 0 Å². The van der Waals surface area contributed by atoms with Crippen molar-refractivity contribution in [2.24, 2.45) is 23.7 Å². The average molecular weight is 436 g/mol. The van der Waals surface area contributed by atoms with Crippen molar-refractivity contribution >= 4 is 22.9 Å². The normalized spacial score (nSPS) is 27.4. The van der Waals surface area contributed by atoms with Crippen molar-refractivity contribution in [2.75, 3.05) is 18.1 Å². The first kappa shape index (κ1) is 20.0. The Morgan fingerprint density at radius 3 is 1.94 bits per heavy atom. The number of esters is 1. The third kappa shape index (κ3) is 3.08. The molecule has 0 aromatic heterocycles. The van der Waals surface area contributed by atoms with Crippen molar-refractivity contribution in [2.45, 2.75) is 39.0 Å². The van der Waals surface area contributed by atoms with Gasteiger partial charge in [0, 0.05) is 11.1 Å². The van der Waals surface area contributed by atoms with Crippen LogP contribution >= 0.6 is 0 Å². The summed E-state index contributed by atoms with van der Waals surface area (Å²) >= 11 is 0. The first-order valence-corrected chi connectivity index (χ1v) is 11.8. The van der Waals surface area contributed by atoms with Gasteiger partial charge in [0.1, 0.15) is 18.2 Å². The van der Waals surface area contributed by atoms with Gasteiger partial charge in [-0.3, -0.25) is 4.79 Å². The lowest BCUT2D eigenvalue weighted by Gasteiger charge is -2.53. The highest BCUT2D eigenvalue weighted by molar-refractivity contribution is 6.00. The summed E-state index contributed by atoms with van der Waals surface area (Å²) in [5, 5.41) is 0. The zero-order chi connectivity index (χ0) is 22.0. The van der Waals surface area contributed by atoms with Gasteiger partial charge < -0.3 is 9.64 Å². The minimum atomic E-state index is -0.413. The topological polar surface area (TPSA) is 29.5 Å². The summed E-state index contributed by atoms with van der Waals surface area (Å²) in [5.74, 6) is 1.60. The predicted octanol–water partition coefficient (Wildman–Crippen LogP) is 6.24. The Morgan fingerprint density at radius 2 is 1.44 bits per heavy atom. The summed E-state index contributed by atoms with van der Waals surface area (Å²) in [5.41, 5.74) is 5.74. The van der Waals surface area contributed by atoms with Crippen LogP contribution < -0.4 is 4.90 Å². The molecule has 5 heteroatoms. The predicted molar refractivity (Wildman–Crippen MR) is 120 cm³/mol. The number of nitrogens with zero attached hydrogens (tertiary/aromatic N) is 1. The van der Waals surface area contributed by atoms with Gasteiger partial charge in [0.15, 0.2) is 0 Å². The lowest BCUT2D eigenvalue weighted by Crippen LogP contribution is -2.41. The smallest absolute Gasteiger partial charge is 0.325 e. The Labute approximate surface area is 187 Å². The van der Waals surface area contributed by atoms with Crippen LogP contribution in [0.4, 0.5) is 20.2 Å². The number of carbonyl (C=O) groups excluding carboxylic acids is 1. The van der Waals surface area contributed by atoms with Crippen LogP contribution in [0.1, 0.15) is 50.2 Å². The van der Waals surface area contributed by atoms with E-state index in [1.54, 1.807) is 11.8 Å². The van der Waals surface area contributed by atoms with Crippen molar-refractivity contribution < 1.29 is 18.3 Å². The number of hydrogen-bond acceptors (Lipinski definition) is 3. The average Bonchev–Trinajstić information content (AvgIpc) is 2.75. The zero-order valence-electron chi connectivity index (χ0n) is 18.2. The summed E-state index contributed by atoms with van der Waals surface area (Å²) in [4.78, 5) is 14.1. The van der Waals surface area contributed by atoms with Gasteiger partial charge in [-0.1, -0.05) is 5.57 Å². The summed E-state index contributed by atoms with van der Waals surface area (Å²) in [7, 11) is 0. The summed E-state index contributed by atoms with van der Waals surface area (Å²) in [6.45, 7) is 1.93. The van der Waals surface area contributed by atoms with Crippen LogP contribution in [-0.2, 0) is 9.53 Å². The molecule has 1 heterocycles. The molecule has 5 aliphatic rings. The van der Waals surface area contributed by atoms with Crippen LogP contribution in [0.3, 0.4) is 0 Å². The number of rotatable bonds is 3. The highest BCUT2D eigenvalue weighted by atomic mass is 19.1. The van der Waals surface area contributed by atoms with Gasteiger partial charge in [-0.2, -0.15) is 0 Å². The van der Waals surface area contributed by atoms with E-state index in [0.717, 1.165) is 28.5 Å². The van der Waals surface area contributed by atoms with Crippen molar-refractivity contribution in [1.29, 1.82) is 0 Å². The number of carbonyl (C=O) groups is 1. The molecule has 0 amide bonds. The number of fused-ring (bicyclic) bond motifs is 2. The maximum atomic E-state index is 14.4. The van der Waals surface area contributed by atoms with E-state index in [1.807, 2.05) is 12.1 Å². The Bertz CT molecular complexity index is 1050. The molecule has 4 bridgehead atoms. The molecule has 0 N–H and O–H groups in total. The Kier molecular flexibility index (Phi) is 4.63. The zero-order valence-corrected chi connectivity index (χ0v) is 18.2. The molecule has 0 atom stereocenters. The number of hydrogen-bond donors (Lipinski definition) is 0. The van der Waals surface area contributed by atoms with Crippen molar-refractivity contribution in [3.63, 3.8) is 0 Å². The molecule has 4 fully saturated rings. The molecule has 4 saturated carbocycles. The minimum absolute atomic E-state index is 0.0830. The molecular weight excluding hydrogens is 408 g/mol. The van der Waals surface area contributed by atoms with Crippen LogP contribution in [0.5, 0.6) is 0 Å². The van der Waals surface area contributed by atoms with Crippen LogP contribution in [-0.4, -0.2) is 19.1 Å². The molecular formula is C27H27F2NO2. The highest BCUT2D eigenvalue weighted by Gasteiger charge is 2.47. The maximum absolute atomic E-state index is 14.4. The number of ether oxygens (including phenoxy) is 1. The molecule has 7 rings (SSSR count). The van der Waals surface area contributed by atoms with Crippen LogP contribution in [0, 0.1) is 35.3 Å². The summed E-state index contributed by atoms with van der Waals surface area (Å²) < 4.78 is 34.0. The fraction of sp³-hybridized carbons (Fsp3) is 0.444. The van der Waals surface area contributed by atoms with Gasteiger partial charge in [-0.05, 0) is 105 Å². The van der Waals surface area contributed by atoms with Crippen molar-refractivity contribution in [3.05, 3.63) is 64.7 Å². The number of allylic oxidation sites excluding steroid dienone is 1. The van der Waals surface area contributed by atoms with E-state index in [9.17, 15) is 13.6 Å². The fourth-order valence-electron chi connectivity index (χ4n) is 7.07. The van der Waals surface area contributed by atoms with Gasteiger partial charge in [0.2, 0.25) is 0 Å². The summed E-state index contributed by atoms with van der Waals surface area (Å²) in [6, 6.07) is 9.60. The second kappa shape index (κ2) is 7.43. The Balaban J connectivity index is 1.57. The second-order valence-electron chi connectivity index (χ2n) is 9.85. The molecule has 2 aromatic carbocycles. The molecule has 1 aliphatic heterocycles. The molecule has 4 aliphatic carbocycles. The molecule has 2 aromatic rings. The van der Waals surface area contributed by atoms with E-state index in [4.69, 9.17) is 4.74 Å². The van der Waals surface area contributed by atoms with Gasteiger partial charge in [0.05, 0.1) is 18.0 Å². The van der Waals surface area contributed by atoms with E-state index in [0.29, 0.717) is 23.2 Å². The van der Waals surface area contributed by atoms with Gasteiger partial charge >= 0.3 is 5.97 Å². The summed E-state index contributed by atoms with van der Waals surface area (Å²) in [6.07, 6.45) is 6.28. The van der Waals surface area contributed by atoms with Gasteiger partial charge in [-0.15, -0.1) is 0 Å². The molecule has 0 spiro atoms.